The van der Waals surface area contributed by atoms with E-state index in [1.54, 1.807) is 0 Å². The van der Waals surface area contributed by atoms with E-state index in [1.807, 2.05) is 23.5 Å². The zero-order valence-electron chi connectivity index (χ0n) is 12.0. The van der Waals surface area contributed by atoms with Crippen LogP contribution in [-0.2, 0) is 0 Å². The Morgan fingerprint density at radius 3 is 2.79 bits per heavy atom. The van der Waals surface area contributed by atoms with Crippen LogP contribution in [0.1, 0.15) is 57.1 Å². The Balaban J connectivity index is 2.05. The molecule has 6 heteroatoms. The Morgan fingerprint density at radius 1 is 1.42 bits per heavy atom. The van der Waals surface area contributed by atoms with Gasteiger partial charge in [0.05, 0.1) is 11.3 Å². The van der Waals surface area contributed by atoms with Gasteiger partial charge in [0.1, 0.15) is 0 Å². The van der Waals surface area contributed by atoms with E-state index < -0.39 is 0 Å². The van der Waals surface area contributed by atoms with Crippen LogP contribution < -0.4 is 5.73 Å². The van der Waals surface area contributed by atoms with E-state index in [0.29, 0.717) is 27.6 Å². The summed E-state index contributed by atoms with van der Waals surface area (Å²) in [5, 5.41) is 5.78. The molecule has 19 heavy (non-hydrogen) atoms. The average Bonchev–Trinajstić information content (AvgIpc) is 2.89. The van der Waals surface area contributed by atoms with Crippen molar-refractivity contribution in [1.29, 1.82) is 0 Å². The standard InChI is InChI=1S/C13H23N3OS2/c1-5-7(2)11(14)13-15-12(16-17-13)10-6-18-8(3)9(4)19-10/h7-11H,5-6,14H2,1-4H3/t7?,8?,9?,10?,11-/m0/s1. The number of thioether (sulfide) groups is 2. The third-order valence-electron chi connectivity index (χ3n) is 3.84. The molecule has 4 nitrogen and oxygen atoms in total. The van der Waals surface area contributed by atoms with E-state index in [0.717, 1.165) is 18.0 Å². The van der Waals surface area contributed by atoms with Crippen molar-refractivity contribution in [3.63, 3.8) is 0 Å². The highest BCUT2D eigenvalue weighted by molar-refractivity contribution is 8.07. The minimum absolute atomic E-state index is 0.149. The molecule has 0 spiro atoms. The van der Waals surface area contributed by atoms with Gasteiger partial charge in [0, 0.05) is 16.3 Å². The lowest BCUT2D eigenvalue weighted by molar-refractivity contribution is 0.310. The van der Waals surface area contributed by atoms with Crippen LogP contribution in [0.2, 0.25) is 0 Å². The fourth-order valence-electron chi connectivity index (χ4n) is 1.93. The lowest BCUT2D eigenvalue weighted by Crippen LogP contribution is -2.22. The first-order chi connectivity index (χ1) is 9.02. The monoisotopic (exact) mass is 301 g/mol. The molecule has 4 unspecified atom stereocenters. The second-order valence-electron chi connectivity index (χ2n) is 5.27. The fourth-order valence-corrected chi connectivity index (χ4v) is 4.76. The first kappa shape index (κ1) is 15.2. The molecule has 1 saturated heterocycles. The van der Waals surface area contributed by atoms with Gasteiger partial charge in [0.2, 0.25) is 5.89 Å². The summed E-state index contributed by atoms with van der Waals surface area (Å²) >= 11 is 3.92. The number of aromatic nitrogens is 2. The van der Waals surface area contributed by atoms with Crippen LogP contribution in [0.15, 0.2) is 4.52 Å². The van der Waals surface area contributed by atoms with E-state index in [2.05, 4.69) is 37.8 Å². The molecular formula is C13H23N3OS2. The van der Waals surface area contributed by atoms with Crippen molar-refractivity contribution in [2.24, 2.45) is 11.7 Å². The highest BCUT2D eigenvalue weighted by atomic mass is 32.2. The van der Waals surface area contributed by atoms with Crippen LogP contribution in [0, 0.1) is 5.92 Å². The maximum Gasteiger partial charge on any atom is 0.243 e. The first-order valence-corrected chi connectivity index (χ1v) is 8.88. The number of hydrogen-bond donors (Lipinski definition) is 1. The van der Waals surface area contributed by atoms with Gasteiger partial charge in [0.15, 0.2) is 5.82 Å². The van der Waals surface area contributed by atoms with Crippen LogP contribution >= 0.6 is 23.5 Å². The molecule has 0 bridgehead atoms. The topological polar surface area (TPSA) is 64.9 Å². The number of nitrogens with zero attached hydrogens (tertiary/aromatic N) is 2. The predicted octanol–water partition coefficient (Wildman–Crippen LogP) is 3.41. The maximum absolute atomic E-state index is 6.13. The Morgan fingerprint density at radius 2 is 2.16 bits per heavy atom. The van der Waals surface area contributed by atoms with Gasteiger partial charge >= 0.3 is 0 Å². The smallest absolute Gasteiger partial charge is 0.243 e. The zero-order chi connectivity index (χ0) is 14.0. The molecule has 2 rings (SSSR count). The van der Waals surface area contributed by atoms with Gasteiger partial charge in [-0.05, 0) is 5.92 Å². The Kier molecular flexibility index (Phi) is 5.20. The minimum Gasteiger partial charge on any atom is -0.338 e. The van der Waals surface area contributed by atoms with Crippen molar-refractivity contribution in [3.8, 4) is 0 Å². The predicted molar refractivity (Wildman–Crippen MR) is 82.4 cm³/mol. The van der Waals surface area contributed by atoms with E-state index in [1.165, 1.54) is 0 Å². The van der Waals surface area contributed by atoms with E-state index in [4.69, 9.17) is 10.3 Å². The summed E-state index contributed by atoms with van der Waals surface area (Å²) in [7, 11) is 0. The Bertz CT molecular complexity index is 412. The molecule has 0 aliphatic carbocycles. The first-order valence-electron chi connectivity index (χ1n) is 6.89. The average molecular weight is 301 g/mol. The minimum atomic E-state index is -0.149. The second kappa shape index (κ2) is 6.50. The quantitative estimate of drug-likeness (QED) is 0.919. The maximum atomic E-state index is 6.13. The van der Waals surface area contributed by atoms with Gasteiger partial charge in [-0.15, -0.1) is 11.8 Å². The highest BCUT2D eigenvalue weighted by Crippen LogP contribution is 2.43. The molecule has 0 amide bonds. The van der Waals surface area contributed by atoms with Gasteiger partial charge in [-0.2, -0.15) is 16.7 Å². The Labute approximate surface area is 123 Å². The highest BCUT2D eigenvalue weighted by Gasteiger charge is 2.30. The van der Waals surface area contributed by atoms with Crippen molar-refractivity contribution in [2.45, 2.75) is 55.9 Å². The molecule has 1 aromatic rings. The summed E-state index contributed by atoms with van der Waals surface area (Å²) in [6.07, 6.45) is 1.02. The number of nitrogens with two attached hydrogens (primary N) is 1. The van der Waals surface area contributed by atoms with E-state index in [-0.39, 0.29) is 6.04 Å². The molecule has 1 aromatic heterocycles. The molecule has 0 radical (unpaired) electrons. The summed E-state index contributed by atoms with van der Waals surface area (Å²) in [5.74, 6) is 2.81. The lowest BCUT2D eigenvalue weighted by atomic mass is 10.0. The molecule has 2 N–H and O–H groups in total. The molecular weight excluding hydrogens is 278 g/mol. The van der Waals surface area contributed by atoms with Gasteiger partial charge in [-0.1, -0.05) is 39.3 Å². The number of rotatable bonds is 4. The van der Waals surface area contributed by atoms with Gasteiger partial charge in [0.25, 0.3) is 0 Å². The third-order valence-corrected chi connectivity index (χ3v) is 7.22. The fraction of sp³-hybridized carbons (Fsp3) is 0.846. The molecule has 1 aliphatic heterocycles. The van der Waals surface area contributed by atoms with Crippen LogP contribution in [0.3, 0.4) is 0 Å². The van der Waals surface area contributed by atoms with Crippen molar-refractivity contribution in [3.05, 3.63) is 11.7 Å². The molecule has 2 heterocycles. The van der Waals surface area contributed by atoms with Gasteiger partial charge < -0.3 is 10.3 Å². The molecule has 1 aliphatic rings. The van der Waals surface area contributed by atoms with Crippen LogP contribution in [0.5, 0.6) is 0 Å². The van der Waals surface area contributed by atoms with Crippen LogP contribution in [0.4, 0.5) is 0 Å². The molecule has 1 fully saturated rings. The van der Waals surface area contributed by atoms with Gasteiger partial charge in [-0.3, -0.25) is 0 Å². The normalized spacial score (nSPS) is 31.1. The van der Waals surface area contributed by atoms with Crippen LogP contribution in [0.25, 0.3) is 0 Å². The Hall–Kier alpha value is -0.200. The van der Waals surface area contributed by atoms with Crippen molar-refractivity contribution in [2.75, 3.05) is 5.75 Å². The van der Waals surface area contributed by atoms with E-state index in [9.17, 15) is 0 Å². The molecule has 5 atom stereocenters. The van der Waals surface area contributed by atoms with Crippen molar-refractivity contribution in [1.82, 2.24) is 10.1 Å². The summed E-state index contributed by atoms with van der Waals surface area (Å²) in [5.41, 5.74) is 6.13. The summed E-state index contributed by atoms with van der Waals surface area (Å²) in [6, 6.07) is -0.149. The SMILES string of the molecule is CCC(C)[C@H](N)c1nc(C2CSC(C)C(C)S2)no1. The second-order valence-corrected chi connectivity index (χ2v) is 8.27. The lowest BCUT2D eigenvalue weighted by Gasteiger charge is -2.29. The molecule has 0 aromatic carbocycles. The summed E-state index contributed by atoms with van der Waals surface area (Å²) in [4.78, 5) is 4.53. The van der Waals surface area contributed by atoms with Gasteiger partial charge in [-0.25, -0.2) is 0 Å². The van der Waals surface area contributed by atoms with E-state index >= 15 is 0 Å². The third kappa shape index (κ3) is 3.47. The summed E-state index contributed by atoms with van der Waals surface area (Å²) < 4.78 is 5.36. The van der Waals surface area contributed by atoms with Crippen LogP contribution in [-0.4, -0.2) is 26.4 Å². The molecule has 0 saturated carbocycles. The zero-order valence-corrected chi connectivity index (χ0v) is 13.6. The largest absolute Gasteiger partial charge is 0.338 e. The number of hydrogen-bond acceptors (Lipinski definition) is 6. The molecule has 108 valence electrons. The van der Waals surface area contributed by atoms with Crippen molar-refractivity contribution >= 4 is 23.5 Å². The summed E-state index contributed by atoms with van der Waals surface area (Å²) in [6.45, 7) is 8.78. The van der Waals surface area contributed by atoms with Crippen molar-refractivity contribution < 1.29 is 4.52 Å².